The number of hydrogen-bond acceptors (Lipinski definition) is 3. The largest absolute Gasteiger partial charge is 0.384 e. The minimum absolute atomic E-state index is 0.530. The molecule has 2 aromatic rings. The lowest BCUT2D eigenvalue weighted by Crippen LogP contribution is -2.04. The Morgan fingerprint density at radius 1 is 1.37 bits per heavy atom. The molecule has 0 aliphatic rings. The van der Waals surface area contributed by atoms with Gasteiger partial charge in [-0.05, 0) is 37.1 Å². The van der Waals surface area contributed by atoms with E-state index in [1.807, 2.05) is 0 Å². The van der Waals surface area contributed by atoms with Crippen molar-refractivity contribution in [1.82, 2.24) is 4.98 Å². The fraction of sp³-hybridized carbons (Fsp3) is 0.400. The Morgan fingerprint density at radius 3 is 2.84 bits per heavy atom. The Balaban J connectivity index is 2.60. The van der Waals surface area contributed by atoms with Gasteiger partial charge in [0.05, 0.1) is 17.8 Å². The fourth-order valence-electron chi connectivity index (χ4n) is 2.08. The maximum atomic E-state index is 5.20. The van der Waals surface area contributed by atoms with Crippen LogP contribution in [-0.2, 0) is 11.3 Å². The topological polar surface area (TPSA) is 34.1 Å². The van der Waals surface area contributed by atoms with Crippen LogP contribution in [0.3, 0.4) is 0 Å². The van der Waals surface area contributed by atoms with Gasteiger partial charge in [0.15, 0.2) is 0 Å². The van der Waals surface area contributed by atoms with Crippen molar-refractivity contribution in [3.63, 3.8) is 0 Å². The summed E-state index contributed by atoms with van der Waals surface area (Å²) in [6.07, 6.45) is 1.10. The average molecular weight is 323 g/mol. The van der Waals surface area contributed by atoms with Crippen molar-refractivity contribution in [2.24, 2.45) is 0 Å². The predicted octanol–water partition coefficient (Wildman–Crippen LogP) is 4.27. The molecule has 0 unspecified atom stereocenters. The number of nitrogens with one attached hydrogen (secondary N) is 1. The minimum Gasteiger partial charge on any atom is -0.384 e. The minimum atomic E-state index is 0.530. The van der Waals surface area contributed by atoms with Gasteiger partial charge in [-0.25, -0.2) is 4.98 Å². The summed E-state index contributed by atoms with van der Waals surface area (Å²) in [4.78, 5) is 4.70. The van der Waals surface area contributed by atoms with Gasteiger partial charge in [0.1, 0.15) is 0 Å². The number of nitrogens with zero attached hydrogens (tertiary/aromatic N) is 1. The summed E-state index contributed by atoms with van der Waals surface area (Å²) >= 11 is 3.57. The Morgan fingerprint density at radius 2 is 2.16 bits per heavy atom. The highest BCUT2D eigenvalue weighted by Crippen LogP contribution is 2.30. The first kappa shape index (κ1) is 14.3. The van der Waals surface area contributed by atoms with Crippen molar-refractivity contribution < 1.29 is 4.74 Å². The standard InChI is InChI=1S/C15H19BrN2O/c1-4-7-17-14-8-11(9-19-3)18-15-10(2)13(16)6-5-12(14)15/h5-6,8H,4,7,9H2,1-3H3,(H,17,18). The van der Waals surface area contributed by atoms with Crippen LogP contribution < -0.4 is 5.32 Å². The summed E-state index contributed by atoms with van der Waals surface area (Å²) in [6.45, 7) is 5.73. The number of pyridine rings is 1. The van der Waals surface area contributed by atoms with E-state index in [0.717, 1.165) is 45.3 Å². The van der Waals surface area contributed by atoms with Crippen molar-refractivity contribution in [2.45, 2.75) is 26.9 Å². The molecule has 0 bridgehead atoms. The highest BCUT2D eigenvalue weighted by molar-refractivity contribution is 9.10. The van der Waals surface area contributed by atoms with Crippen LogP contribution in [-0.4, -0.2) is 18.6 Å². The zero-order chi connectivity index (χ0) is 13.8. The molecule has 102 valence electrons. The van der Waals surface area contributed by atoms with Crippen molar-refractivity contribution >= 4 is 32.5 Å². The second-order valence-corrected chi connectivity index (χ2v) is 5.44. The molecule has 3 nitrogen and oxygen atoms in total. The third-order valence-electron chi connectivity index (χ3n) is 3.08. The molecule has 1 heterocycles. The molecule has 1 N–H and O–H groups in total. The number of hydrogen-bond donors (Lipinski definition) is 1. The maximum Gasteiger partial charge on any atom is 0.0885 e. The van der Waals surface area contributed by atoms with E-state index in [1.54, 1.807) is 7.11 Å². The van der Waals surface area contributed by atoms with Gasteiger partial charge in [0.2, 0.25) is 0 Å². The summed E-state index contributed by atoms with van der Waals surface area (Å²) in [5, 5.41) is 4.63. The Hall–Kier alpha value is -1.13. The van der Waals surface area contributed by atoms with Crippen molar-refractivity contribution in [3.8, 4) is 0 Å². The van der Waals surface area contributed by atoms with Crippen LogP contribution >= 0.6 is 15.9 Å². The lowest BCUT2D eigenvalue weighted by Gasteiger charge is -2.13. The number of fused-ring (bicyclic) bond motifs is 1. The number of aromatic nitrogens is 1. The van der Waals surface area contributed by atoms with Crippen molar-refractivity contribution in [2.75, 3.05) is 19.0 Å². The summed E-state index contributed by atoms with van der Waals surface area (Å²) in [5.74, 6) is 0. The molecule has 1 aromatic carbocycles. The monoisotopic (exact) mass is 322 g/mol. The second-order valence-electron chi connectivity index (χ2n) is 4.59. The number of ether oxygens (including phenoxy) is 1. The number of anilines is 1. The first-order valence-electron chi connectivity index (χ1n) is 6.49. The smallest absolute Gasteiger partial charge is 0.0885 e. The van der Waals surface area contributed by atoms with E-state index in [9.17, 15) is 0 Å². The first-order chi connectivity index (χ1) is 9.17. The van der Waals surface area contributed by atoms with Gasteiger partial charge in [0.25, 0.3) is 0 Å². The lowest BCUT2D eigenvalue weighted by atomic mass is 10.1. The van der Waals surface area contributed by atoms with E-state index in [4.69, 9.17) is 9.72 Å². The van der Waals surface area contributed by atoms with Crippen molar-refractivity contribution in [1.29, 1.82) is 0 Å². The van der Waals surface area contributed by atoms with E-state index in [-0.39, 0.29) is 0 Å². The summed E-state index contributed by atoms with van der Waals surface area (Å²) in [6, 6.07) is 6.26. The molecule has 4 heteroatoms. The number of aryl methyl sites for hydroxylation is 1. The predicted molar refractivity (Wildman–Crippen MR) is 83.7 cm³/mol. The van der Waals surface area contributed by atoms with Gasteiger partial charge in [-0.3, -0.25) is 0 Å². The van der Waals surface area contributed by atoms with Gasteiger partial charge in [-0.15, -0.1) is 0 Å². The molecule has 0 atom stereocenters. The Kier molecular flexibility index (Phi) is 4.77. The molecule has 0 radical (unpaired) electrons. The normalized spacial score (nSPS) is 10.9. The van der Waals surface area contributed by atoms with Crippen LogP contribution in [0.15, 0.2) is 22.7 Å². The average Bonchev–Trinajstić information content (AvgIpc) is 2.41. The van der Waals surface area contributed by atoms with E-state index >= 15 is 0 Å². The van der Waals surface area contributed by atoms with Crippen LogP contribution in [0, 0.1) is 6.92 Å². The molecular formula is C15H19BrN2O. The Labute approximate surface area is 122 Å². The molecule has 0 amide bonds. The van der Waals surface area contributed by atoms with E-state index in [1.165, 1.54) is 0 Å². The molecule has 19 heavy (non-hydrogen) atoms. The van der Waals surface area contributed by atoms with Gasteiger partial charge in [-0.2, -0.15) is 0 Å². The number of halogens is 1. The maximum absolute atomic E-state index is 5.20. The molecule has 0 fully saturated rings. The quantitative estimate of drug-likeness (QED) is 0.892. The molecule has 2 rings (SSSR count). The highest BCUT2D eigenvalue weighted by atomic mass is 79.9. The summed E-state index contributed by atoms with van der Waals surface area (Å²) in [7, 11) is 1.69. The molecule has 0 spiro atoms. The van der Waals surface area contributed by atoms with E-state index in [2.05, 4.69) is 53.3 Å². The van der Waals surface area contributed by atoms with Gasteiger partial charge < -0.3 is 10.1 Å². The number of rotatable bonds is 5. The van der Waals surface area contributed by atoms with Gasteiger partial charge in [0, 0.05) is 29.2 Å². The summed E-state index contributed by atoms with van der Waals surface area (Å²) < 4.78 is 6.29. The van der Waals surface area contributed by atoms with E-state index in [0.29, 0.717) is 6.61 Å². The highest BCUT2D eigenvalue weighted by Gasteiger charge is 2.09. The summed E-state index contributed by atoms with van der Waals surface area (Å²) in [5.41, 5.74) is 4.28. The molecule has 0 saturated carbocycles. The zero-order valence-electron chi connectivity index (χ0n) is 11.6. The van der Waals surface area contributed by atoms with E-state index < -0.39 is 0 Å². The SMILES string of the molecule is CCCNc1cc(COC)nc2c(C)c(Br)ccc12. The lowest BCUT2D eigenvalue weighted by molar-refractivity contribution is 0.182. The molecule has 1 aromatic heterocycles. The second kappa shape index (κ2) is 6.35. The molecule has 0 saturated heterocycles. The van der Waals surface area contributed by atoms with Gasteiger partial charge in [-0.1, -0.05) is 22.9 Å². The number of methoxy groups -OCH3 is 1. The molecule has 0 aliphatic carbocycles. The molecule has 0 aliphatic heterocycles. The van der Waals surface area contributed by atoms with Crippen LogP contribution in [0.1, 0.15) is 24.6 Å². The first-order valence-corrected chi connectivity index (χ1v) is 7.28. The third kappa shape index (κ3) is 3.07. The van der Waals surface area contributed by atoms with Gasteiger partial charge >= 0.3 is 0 Å². The zero-order valence-corrected chi connectivity index (χ0v) is 13.2. The third-order valence-corrected chi connectivity index (χ3v) is 3.94. The van der Waals surface area contributed by atoms with Crippen molar-refractivity contribution in [3.05, 3.63) is 33.9 Å². The van der Waals surface area contributed by atoms with Crippen LogP contribution in [0.25, 0.3) is 10.9 Å². The van der Waals surface area contributed by atoms with Crippen LogP contribution in [0.4, 0.5) is 5.69 Å². The van der Waals surface area contributed by atoms with Crippen LogP contribution in [0.2, 0.25) is 0 Å². The Bertz CT molecular complexity index is 584. The van der Waals surface area contributed by atoms with Crippen LogP contribution in [0.5, 0.6) is 0 Å². The molecular weight excluding hydrogens is 304 g/mol. The number of benzene rings is 1. The fourth-order valence-corrected chi connectivity index (χ4v) is 2.40.